The summed E-state index contributed by atoms with van der Waals surface area (Å²) in [6, 6.07) is 9.53. The first-order valence-electron chi connectivity index (χ1n) is 8.67. The first-order valence-corrected chi connectivity index (χ1v) is 8.67. The molecule has 1 aromatic carbocycles. The monoisotopic (exact) mass is 359 g/mol. The van der Waals surface area contributed by atoms with Crippen molar-refractivity contribution in [3.63, 3.8) is 0 Å². The second-order valence-electron chi connectivity index (χ2n) is 6.00. The summed E-state index contributed by atoms with van der Waals surface area (Å²) in [6.07, 6.45) is 4.95. The van der Waals surface area contributed by atoms with Crippen molar-refractivity contribution < 1.29 is 18.7 Å². The van der Waals surface area contributed by atoms with Crippen LogP contribution >= 0.6 is 0 Å². The molecule has 0 bridgehead atoms. The molecule has 6 nitrogen and oxygen atoms in total. The summed E-state index contributed by atoms with van der Waals surface area (Å²) in [5.41, 5.74) is 0.198. The molecule has 7 heteroatoms. The SMILES string of the molecule is O=C(Nc1ccccc1F)N1CCC(OCCOc2cccnc2)CC1. The number of aromatic nitrogens is 1. The number of anilines is 1. The summed E-state index contributed by atoms with van der Waals surface area (Å²) in [5.74, 6) is 0.281. The highest BCUT2D eigenvalue weighted by Crippen LogP contribution is 2.17. The summed E-state index contributed by atoms with van der Waals surface area (Å²) < 4.78 is 24.9. The molecule has 0 saturated carbocycles. The zero-order chi connectivity index (χ0) is 18.2. The van der Waals surface area contributed by atoms with E-state index in [9.17, 15) is 9.18 Å². The van der Waals surface area contributed by atoms with E-state index in [1.54, 1.807) is 35.5 Å². The molecule has 0 spiro atoms. The van der Waals surface area contributed by atoms with Gasteiger partial charge in [-0.2, -0.15) is 0 Å². The molecule has 1 aliphatic rings. The van der Waals surface area contributed by atoms with Crippen LogP contribution in [-0.2, 0) is 4.74 Å². The highest BCUT2D eigenvalue weighted by Gasteiger charge is 2.23. The number of ether oxygens (including phenoxy) is 2. The minimum absolute atomic E-state index is 0.102. The van der Waals surface area contributed by atoms with Gasteiger partial charge in [-0.1, -0.05) is 12.1 Å². The fourth-order valence-electron chi connectivity index (χ4n) is 2.79. The number of amides is 2. The lowest BCUT2D eigenvalue weighted by Crippen LogP contribution is -2.43. The Balaban J connectivity index is 1.35. The van der Waals surface area contributed by atoms with Gasteiger partial charge in [0.05, 0.1) is 24.6 Å². The lowest BCUT2D eigenvalue weighted by molar-refractivity contribution is 0.00268. The fraction of sp³-hybridized carbons (Fsp3) is 0.368. The predicted molar refractivity (Wildman–Crippen MR) is 95.7 cm³/mol. The van der Waals surface area contributed by atoms with Crippen molar-refractivity contribution in [2.24, 2.45) is 0 Å². The van der Waals surface area contributed by atoms with Gasteiger partial charge in [0.1, 0.15) is 18.2 Å². The predicted octanol–water partition coefficient (Wildman–Crippen LogP) is 3.31. The Hall–Kier alpha value is -2.67. The summed E-state index contributed by atoms with van der Waals surface area (Å²) in [4.78, 5) is 17.9. The maximum atomic E-state index is 13.6. The molecular weight excluding hydrogens is 337 g/mol. The number of carbonyl (C=O) groups excluding carboxylic acids is 1. The summed E-state index contributed by atoms with van der Waals surface area (Å²) in [5, 5.41) is 2.61. The maximum Gasteiger partial charge on any atom is 0.321 e. The number of piperidine rings is 1. The van der Waals surface area contributed by atoms with Gasteiger partial charge in [-0.05, 0) is 37.1 Å². The van der Waals surface area contributed by atoms with Gasteiger partial charge in [0.15, 0.2) is 0 Å². The van der Waals surface area contributed by atoms with Crippen LogP contribution in [0.4, 0.5) is 14.9 Å². The number of hydrogen-bond acceptors (Lipinski definition) is 4. The molecule has 0 atom stereocenters. The van der Waals surface area contributed by atoms with Gasteiger partial charge < -0.3 is 19.7 Å². The summed E-state index contributed by atoms with van der Waals surface area (Å²) >= 11 is 0. The van der Waals surface area contributed by atoms with Gasteiger partial charge in [0.25, 0.3) is 0 Å². The van der Waals surface area contributed by atoms with Gasteiger partial charge in [-0.15, -0.1) is 0 Å². The Labute approximate surface area is 151 Å². The minimum Gasteiger partial charge on any atom is -0.490 e. The van der Waals surface area contributed by atoms with Crippen LogP contribution < -0.4 is 10.1 Å². The van der Waals surface area contributed by atoms with Crippen LogP contribution in [0.5, 0.6) is 5.75 Å². The van der Waals surface area contributed by atoms with Gasteiger partial charge in [-0.25, -0.2) is 9.18 Å². The fourth-order valence-corrected chi connectivity index (χ4v) is 2.79. The molecule has 0 unspecified atom stereocenters. The van der Waals surface area contributed by atoms with Gasteiger partial charge in [0, 0.05) is 19.3 Å². The lowest BCUT2D eigenvalue weighted by atomic mass is 10.1. The number of likely N-dealkylation sites (tertiary alicyclic amines) is 1. The molecular formula is C19H22FN3O3. The Kier molecular flexibility index (Phi) is 6.38. The average molecular weight is 359 g/mol. The number of para-hydroxylation sites is 1. The number of pyridine rings is 1. The van der Waals surface area contributed by atoms with Crippen molar-refractivity contribution in [3.05, 3.63) is 54.6 Å². The van der Waals surface area contributed by atoms with Crippen molar-refractivity contribution in [3.8, 4) is 5.75 Å². The molecule has 1 aromatic heterocycles. The molecule has 26 heavy (non-hydrogen) atoms. The Morgan fingerprint density at radius 3 is 2.73 bits per heavy atom. The van der Waals surface area contributed by atoms with Crippen LogP contribution in [0.25, 0.3) is 0 Å². The number of urea groups is 1. The van der Waals surface area contributed by atoms with E-state index in [1.165, 1.54) is 6.07 Å². The molecule has 2 aromatic rings. The van der Waals surface area contributed by atoms with Crippen LogP contribution in [-0.4, -0.2) is 48.3 Å². The van der Waals surface area contributed by atoms with Gasteiger partial charge >= 0.3 is 6.03 Å². The topological polar surface area (TPSA) is 63.7 Å². The second-order valence-corrected chi connectivity index (χ2v) is 6.00. The molecule has 3 rings (SSSR count). The molecule has 1 fully saturated rings. The molecule has 1 saturated heterocycles. The molecule has 0 radical (unpaired) electrons. The summed E-state index contributed by atoms with van der Waals surface area (Å²) in [7, 11) is 0. The summed E-state index contributed by atoms with van der Waals surface area (Å²) in [6.45, 7) is 2.10. The highest BCUT2D eigenvalue weighted by atomic mass is 19.1. The van der Waals surface area contributed by atoms with E-state index in [0.29, 0.717) is 26.3 Å². The molecule has 138 valence electrons. The first-order chi connectivity index (χ1) is 12.7. The molecule has 2 heterocycles. The number of halogens is 1. The third kappa shape index (κ3) is 5.16. The lowest BCUT2D eigenvalue weighted by Gasteiger charge is -2.32. The van der Waals surface area contributed by atoms with E-state index < -0.39 is 5.82 Å². The van der Waals surface area contributed by atoms with E-state index in [0.717, 1.165) is 18.6 Å². The maximum absolute atomic E-state index is 13.6. The zero-order valence-corrected chi connectivity index (χ0v) is 14.4. The van der Waals surface area contributed by atoms with Gasteiger partial charge in [-0.3, -0.25) is 4.98 Å². The van der Waals surface area contributed by atoms with Crippen molar-refractivity contribution in [1.29, 1.82) is 0 Å². The third-order valence-corrected chi connectivity index (χ3v) is 4.18. The quantitative estimate of drug-likeness (QED) is 0.804. The zero-order valence-electron chi connectivity index (χ0n) is 14.4. The van der Waals surface area contributed by atoms with Crippen molar-refractivity contribution in [1.82, 2.24) is 9.88 Å². The van der Waals surface area contributed by atoms with Crippen LogP contribution in [0.15, 0.2) is 48.8 Å². The normalized spacial score (nSPS) is 14.9. The number of benzene rings is 1. The van der Waals surface area contributed by atoms with Crippen LogP contribution in [0, 0.1) is 5.82 Å². The van der Waals surface area contributed by atoms with E-state index in [-0.39, 0.29) is 17.8 Å². The first kappa shape index (κ1) is 18.1. The molecule has 1 aliphatic heterocycles. The number of hydrogen-bond donors (Lipinski definition) is 1. The second kappa shape index (κ2) is 9.15. The molecule has 0 aliphatic carbocycles. The van der Waals surface area contributed by atoms with E-state index >= 15 is 0 Å². The largest absolute Gasteiger partial charge is 0.490 e. The number of rotatable bonds is 6. The molecule has 1 N–H and O–H groups in total. The Morgan fingerprint density at radius 2 is 2.00 bits per heavy atom. The highest BCUT2D eigenvalue weighted by molar-refractivity contribution is 5.89. The standard InChI is InChI=1S/C19H22FN3O3/c20-17-5-1-2-6-18(17)22-19(24)23-10-7-15(8-11-23)25-12-13-26-16-4-3-9-21-14-16/h1-6,9,14-15H,7-8,10-13H2,(H,22,24). The minimum atomic E-state index is -0.437. The van der Waals surface area contributed by atoms with Crippen molar-refractivity contribution >= 4 is 11.7 Å². The Bertz CT molecular complexity index is 706. The number of nitrogens with zero attached hydrogens (tertiary/aromatic N) is 2. The van der Waals surface area contributed by atoms with Crippen molar-refractivity contribution in [2.75, 3.05) is 31.6 Å². The average Bonchev–Trinajstić information content (AvgIpc) is 2.68. The number of carbonyl (C=O) groups is 1. The smallest absolute Gasteiger partial charge is 0.321 e. The van der Waals surface area contributed by atoms with Gasteiger partial charge in [0.2, 0.25) is 0 Å². The van der Waals surface area contributed by atoms with E-state index in [2.05, 4.69) is 10.3 Å². The van der Waals surface area contributed by atoms with E-state index in [1.807, 2.05) is 12.1 Å². The number of nitrogens with one attached hydrogen (secondary N) is 1. The third-order valence-electron chi connectivity index (χ3n) is 4.18. The van der Waals surface area contributed by atoms with E-state index in [4.69, 9.17) is 9.47 Å². The van der Waals surface area contributed by atoms with Crippen LogP contribution in [0.2, 0.25) is 0 Å². The van der Waals surface area contributed by atoms with Crippen LogP contribution in [0.3, 0.4) is 0 Å². The van der Waals surface area contributed by atoms with Crippen LogP contribution in [0.1, 0.15) is 12.8 Å². The molecule has 2 amide bonds. The van der Waals surface area contributed by atoms with Crippen molar-refractivity contribution in [2.45, 2.75) is 18.9 Å². The Morgan fingerprint density at radius 1 is 1.19 bits per heavy atom.